The van der Waals surface area contributed by atoms with Crippen LogP contribution in [0.4, 0.5) is 0 Å². The highest BCUT2D eigenvalue weighted by atomic mass is 32.2. The predicted octanol–water partition coefficient (Wildman–Crippen LogP) is 2.62. The third kappa shape index (κ3) is 4.21. The van der Waals surface area contributed by atoms with Crippen molar-refractivity contribution in [2.75, 3.05) is 20.0 Å². The fraction of sp³-hybridized carbons (Fsp3) is 0.263. The number of benzene rings is 1. The Morgan fingerprint density at radius 1 is 1.12 bits per heavy atom. The molecule has 0 bridgehead atoms. The number of rotatable bonds is 7. The molecule has 0 atom stereocenters. The Morgan fingerprint density at radius 3 is 2.35 bits per heavy atom. The highest BCUT2D eigenvalue weighted by Gasteiger charge is 2.49. The van der Waals surface area contributed by atoms with E-state index in [-0.39, 0.29) is 12.2 Å². The van der Waals surface area contributed by atoms with E-state index in [0.717, 1.165) is 4.90 Å². The largest absolute Gasteiger partial charge is 0.468 e. The quantitative estimate of drug-likeness (QED) is 0.420. The minimum absolute atomic E-state index is 0.0874. The maximum atomic E-state index is 12.6. The summed E-state index contributed by atoms with van der Waals surface area (Å²) in [7, 11) is 2.44. The highest BCUT2D eigenvalue weighted by molar-refractivity contribution is 7.99. The van der Waals surface area contributed by atoms with E-state index < -0.39 is 17.4 Å². The fourth-order valence-electron chi connectivity index (χ4n) is 2.48. The maximum absolute atomic E-state index is 12.6. The first-order chi connectivity index (χ1) is 12.6. The van der Waals surface area contributed by atoms with Crippen LogP contribution >= 0.6 is 11.8 Å². The Bertz CT molecular complexity index is 802. The molecule has 1 aromatic carbocycles. The number of methoxy groups -OCH3 is 2. The molecule has 0 saturated carbocycles. The Morgan fingerprint density at radius 2 is 1.77 bits per heavy atom. The minimum atomic E-state index is -1.61. The van der Waals surface area contributed by atoms with Crippen LogP contribution in [-0.4, -0.2) is 36.9 Å². The lowest BCUT2D eigenvalue weighted by Gasteiger charge is -2.27. The zero-order valence-corrected chi connectivity index (χ0v) is 15.3. The topological polar surface area (TPSA) is 89.3 Å². The number of nitriles is 1. The summed E-state index contributed by atoms with van der Waals surface area (Å²) in [5, 5.41) is 9.29. The van der Waals surface area contributed by atoms with Crippen LogP contribution in [0.3, 0.4) is 0 Å². The first-order valence-corrected chi connectivity index (χ1v) is 8.74. The molecule has 7 heteroatoms. The number of ether oxygens (including phenoxy) is 2. The van der Waals surface area contributed by atoms with Crippen molar-refractivity contribution in [3.05, 3.63) is 59.9 Å². The van der Waals surface area contributed by atoms with Gasteiger partial charge >= 0.3 is 11.9 Å². The van der Waals surface area contributed by atoms with Crippen LogP contribution in [-0.2, 0) is 25.5 Å². The molecule has 134 valence electrons. The molecule has 0 spiro atoms. The van der Waals surface area contributed by atoms with E-state index in [1.165, 1.54) is 32.2 Å². The van der Waals surface area contributed by atoms with Gasteiger partial charge in [0.15, 0.2) is 5.41 Å². The lowest BCUT2D eigenvalue weighted by molar-refractivity contribution is -0.167. The molecule has 0 amide bonds. The van der Waals surface area contributed by atoms with E-state index in [4.69, 9.17) is 9.47 Å². The second kappa shape index (κ2) is 9.02. The summed E-state index contributed by atoms with van der Waals surface area (Å²) in [6.45, 7) is 0. The van der Waals surface area contributed by atoms with Crippen LogP contribution in [0.15, 0.2) is 53.6 Å². The van der Waals surface area contributed by atoms with Crippen molar-refractivity contribution in [2.45, 2.75) is 11.3 Å². The zero-order valence-electron chi connectivity index (χ0n) is 14.5. The van der Waals surface area contributed by atoms with Crippen LogP contribution in [0.2, 0.25) is 0 Å². The number of esters is 2. The van der Waals surface area contributed by atoms with Crippen molar-refractivity contribution < 1.29 is 19.1 Å². The molecule has 1 heterocycles. The summed E-state index contributed by atoms with van der Waals surface area (Å²) >= 11 is 1.34. The fourth-order valence-corrected chi connectivity index (χ4v) is 3.58. The van der Waals surface area contributed by atoms with Crippen molar-refractivity contribution in [1.29, 1.82) is 5.26 Å². The number of nitrogens with zero attached hydrogens (tertiary/aromatic N) is 2. The molecule has 26 heavy (non-hydrogen) atoms. The molecule has 0 unspecified atom stereocenters. The van der Waals surface area contributed by atoms with Gasteiger partial charge in [-0.3, -0.25) is 14.6 Å². The summed E-state index contributed by atoms with van der Waals surface area (Å²) in [5.41, 5.74) is -0.960. The van der Waals surface area contributed by atoms with Crippen molar-refractivity contribution >= 4 is 23.7 Å². The average Bonchev–Trinajstić information content (AvgIpc) is 2.70. The van der Waals surface area contributed by atoms with Gasteiger partial charge in [-0.25, -0.2) is 0 Å². The highest BCUT2D eigenvalue weighted by Crippen LogP contribution is 2.34. The Balaban J connectivity index is 2.43. The Labute approximate surface area is 156 Å². The van der Waals surface area contributed by atoms with Gasteiger partial charge in [-0.1, -0.05) is 18.2 Å². The Hall–Kier alpha value is -2.85. The molecule has 0 aliphatic rings. The maximum Gasteiger partial charge on any atom is 0.324 e. The monoisotopic (exact) mass is 370 g/mol. The van der Waals surface area contributed by atoms with Crippen LogP contribution in [0.1, 0.15) is 11.3 Å². The van der Waals surface area contributed by atoms with Gasteiger partial charge in [0.25, 0.3) is 0 Å². The number of thioether (sulfide) groups is 1. The normalized spacial score (nSPS) is 10.7. The number of hydrogen-bond donors (Lipinski definition) is 0. The summed E-state index contributed by atoms with van der Waals surface area (Å²) in [6, 6.07) is 14.6. The Kier molecular flexibility index (Phi) is 6.75. The molecule has 6 nitrogen and oxygen atoms in total. The van der Waals surface area contributed by atoms with E-state index in [9.17, 15) is 14.9 Å². The molecule has 0 N–H and O–H groups in total. The number of carbonyl (C=O) groups excluding carboxylic acids is 2. The van der Waals surface area contributed by atoms with Crippen LogP contribution in [0, 0.1) is 16.7 Å². The lowest BCUT2D eigenvalue weighted by atomic mass is 9.84. The zero-order chi connectivity index (χ0) is 19.0. The molecule has 0 radical (unpaired) electrons. The van der Waals surface area contributed by atoms with Crippen molar-refractivity contribution in [3.8, 4) is 6.07 Å². The smallest absolute Gasteiger partial charge is 0.324 e. The van der Waals surface area contributed by atoms with Crippen LogP contribution in [0.25, 0.3) is 0 Å². The number of pyridine rings is 1. The van der Waals surface area contributed by atoms with Crippen molar-refractivity contribution in [2.24, 2.45) is 5.41 Å². The van der Waals surface area contributed by atoms with Gasteiger partial charge in [-0.15, -0.1) is 11.8 Å². The second-order valence-electron chi connectivity index (χ2n) is 5.45. The number of aromatic nitrogens is 1. The third-order valence-corrected chi connectivity index (χ3v) is 5.10. The predicted molar refractivity (Wildman–Crippen MR) is 96.3 cm³/mol. The SMILES string of the molecule is COC(=O)C(CSc1ccccc1)(Cc1ncccc1C#N)C(=O)OC. The van der Waals surface area contributed by atoms with E-state index >= 15 is 0 Å². The molecule has 0 aliphatic carbocycles. The first kappa shape index (κ1) is 19.5. The average molecular weight is 370 g/mol. The molecule has 0 saturated heterocycles. The molecule has 1 aromatic heterocycles. The van der Waals surface area contributed by atoms with Gasteiger partial charge in [0.05, 0.1) is 25.5 Å². The van der Waals surface area contributed by atoms with Crippen LogP contribution < -0.4 is 0 Å². The standard InChI is InChI=1S/C19H18N2O4S/c1-24-17(22)19(18(23)25-2,13-26-15-8-4-3-5-9-15)11-16-14(12-20)7-6-10-21-16/h3-10H,11,13H2,1-2H3. The van der Waals surface area contributed by atoms with Gasteiger partial charge in [0, 0.05) is 23.3 Å². The molecular formula is C19H18N2O4S. The minimum Gasteiger partial charge on any atom is -0.468 e. The van der Waals surface area contributed by atoms with Gasteiger partial charge in [0.2, 0.25) is 0 Å². The molecule has 2 rings (SSSR count). The first-order valence-electron chi connectivity index (χ1n) is 7.76. The summed E-state index contributed by atoms with van der Waals surface area (Å²) in [4.78, 5) is 30.3. The van der Waals surface area contributed by atoms with E-state index in [2.05, 4.69) is 4.98 Å². The third-order valence-electron chi connectivity index (χ3n) is 3.86. The summed E-state index contributed by atoms with van der Waals surface area (Å²) in [5.74, 6) is -1.35. The van der Waals surface area contributed by atoms with Gasteiger partial charge < -0.3 is 9.47 Å². The van der Waals surface area contributed by atoms with E-state index in [0.29, 0.717) is 11.3 Å². The van der Waals surface area contributed by atoms with E-state index in [1.54, 1.807) is 12.1 Å². The molecule has 2 aromatic rings. The lowest BCUT2D eigenvalue weighted by Crippen LogP contribution is -2.45. The summed E-state index contributed by atoms with van der Waals surface area (Å²) in [6.07, 6.45) is 1.43. The molecular weight excluding hydrogens is 352 g/mol. The van der Waals surface area contributed by atoms with E-state index in [1.807, 2.05) is 36.4 Å². The van der Waals surface area contributed by atoms with Gasteiger partial charge in [0.1, 0.15) is 6.07 Å². The van der Waals surface area contributed by atoms with Crippen molar-refractivity contribution in [1.82, 2.24) is 4.98 Å². The van der Waals surface area contributed by atoms with Crippen LogP contribution in [0.5, 0.6) is 0 Å². The molecule has 0 fully saturated rings. The number of hydrogen-bond acceptors (Lipinski definition) is 7. The van der Waals surface area contributed by atoms with Gasteiger partial charge in [-0.05, 0) is 24.3 Å². The van der Waals surface area contributed by atoms with Crippen molar-refractivity contribution in [3.63, 3.8) is 0 Å². The molecule has 0 aliphatic heterocycles. The summed E-state index contributed by atoms with van der Waals surface area (Å²) < 4.78 is 9.82. The number of carbonyl (C=O) groups is 2. The van der Waals surface area contributed by atoms with Gasteiger partial charge in [-0.2, -0.15) is 5.26 Å². The second-order valence-corrected chi connectivity index (χ2v) is 6.50.